The van der Waals surface area contributed by atoms with Crippen molar-refractivity contribution in [3.05, 3.63) is 24.3 Å². The van der Waals surface area contributed by atoms with Crippen LogP contribution < -0.4 is 9.80 Å². The summed E-state index contributed by atoms with van der Waals surface area (Å²) in [5.74, 6) is 0. The van der Waals surface area contributed by atoms with E-state index in [0.717, 1.165) is 25.2 Å². The first-order valence-electron chi connectivity index (χ1n) is 10.5. The van der Waals surface area contributed by atoms with Gasteiger partial charge in [0.15, 0.2) is 0 Å². The van der Waals surface area contributed by atoms with Crippen molar-refractivity contribution < 1.29 is 0 Å². The van der Waals surface area contributed by atoms with Gasteiger partial charge in [0.05, 0.1) is 0 Å². The normalized spacial score (nSPS) is 20.1. The topological polar surface area (TPSA) is 6.48 Å². The molecule has 0 heterocycles. The zero-order valence-corrected chi connectivity index (χ0v) is 15.8. The molecule has 24 heavy (non-hydrogen) atoms. The Bertz CT molecular complexity index is 424. The van der Waals surface area contributed by atoms with E-state index in [0.29, 0.717) is 0 Å². The number of hydrogen-bond acceptors (Lipinski definition) is 2. The molecule has 2 aliphatic carbocycles. The van der Waals surface area contributed by atoms with Gasteiger partial charge in [0.2, 0.25) is 0 Å². The van der Waals surface area contributed by atoms with Crippen molar-refractivity contribution in [1.82, 2.24) is 0 Å². The van der Waals surface area contributed by atoms with Crippen LogP contribution in [0.1, 0.15) is 78.1 Å². The molecule has 2 aliphatic rings. The molecule has 0 aliphatic heterocycles. The highest BCUT2D eigenvalue weighted by Gasteiger charge is 2.22. The summed E-state index contributed by atoms with van der Waals surface area (Å²) >= 11 is 0. The van der Waals surface area contributed by atoms with Crippen molar-refractivity contribution >= 4 is 11.4 Å². The fourth-order valence-corrected chi connectivity index (χ4v) is 4.92. The molecular formula is C22H36N2. The fourth-order valence-electron chi connectivity index (χ4n) is 4.92. The van der Waals surface area contributed by atoms with E-state index in [1.54, 1.807) is 0 Å². The number of benzene rings is 1. The van der Waals surface area contributed by atoms with Crippen molar-refractivity contribution in [2.24, 2.45) is 0 Å². The molecule has 0 N–H and O–H groups in total. The number of anilines is 2. The number of nitrogens with zero attached hydrogens (tertiary/aromatic N) is 2. The highest BCUT2D eigenvalue weighted by molar-refractivity contribution is 5.57. The maximum Gasteiger partial charge on any atom is 0.0370 e. The first-order chi connectivity index (χ1) is 11.8. The molecule has 0 bridgehead atoms. The zero-order valence-electron chi connectivity index (χ0n) is 15.8. The highest BCUT2D eigenvalue weighted by Crippen LogP contribution is 2.31. The van der Waals surface area contributed by atoms with E-state index in [4.69, 9.17) is 0 Å². The lowest BCUT2D eigenvalue weighted by atomic mass is 9.93. The second-order valence-corrected chi connectivity index (χ2v) is 7.67. The number of rotatable bonds is 6. The van der Waals surface area contributed by atoms with Gasteiger partial charge in [0, 0.05) is 36.5 Å². The minimum atomic E-state index is 0.759. The van der Waals surface area contributed by atoms with Crippen LogP contribution >= 0.6 is 0 Å². The van der Waals surface area contributed by atoms with Gasteiger partial charge in [0.1, 0.15) is 0 Å². The Morgan fingerprint density at radius 3 is 1.25 bits per heavy atom. The molecule has 1 aromatic carbocycles. The van der Waals surface area contributed by atoms with Gasteiger partial charge in [-0.25, -0.2) is 0 Å². The van der Waals surface area contributed by atoms with Crippen LogP contribution in [0.2, 0.25) is 0 Å². The summed E-state index contributed by atoms with van der Waals surface area (Å²) in [5.41, 5.74) is 2.85. The SMILES string of the molecule is CCN(c1ccc(N(CC)C2CCCCC2)cc1)C1CCCCC1. The molecule has 1 aromatic rings. The van der Waals surface area contributed by atoms with Gasteiger partial charge in [0.25, 0.3) is 0 Å². The Kier molecular flexibility index (Phi) is 6.45. The van der Waals surface area contributed by atoms with Crippen molar-refractivity contribution in [2.45, 2.75) is 90.1 Å². The molecule has 0 amide bonds. The second-order valence-electron chi connectivity index (χ2n) is 7.67. The molecule has 0 spiro atoms. The molecule has 0 aromatic heterocycles. The van der Waals surface area contributed by atoms with Crippen LogP contribution in [0, 0.1) is 0 Å². The predicted molar refractivity (Wildman–Crippen MR) is 106 cm³/mol. The van der Waals surface area contributed by atoms with E-state index in [-0.39, 0.29) is 0 Å². The molecule has 3 rings (SSSR count). The Morgan fingerprint density at radius 1 is 0.625 bits per heavy atom. The van der Waals surface area contributed by atoms with Crippen LogP contribution in [-0.4, -0.2) is 25.2 Å². The lowest BCUT2D eigenvalue weighted by molar-refractivity contribution is 0.417. The van der Waals surface area contributed by atoms with Gasteiger partial charge in [-0.3, -0.25) is 0 Å². The van der Waals surface area contributed by atoms with E-state index in [2.05, 4.69) is 47.9 Å². The Labute approximate surface area is 149 Å². The minimum Gasteiger partial charge on any atom is -0.369 e. The smallest absolute Gasteiger partial charge is 0.0370 e. The Balaban J connectivity index is 1.70. The summed E-state index contributed by atoms with van der Waals surface area (Å²) in [6, 6.07) is 11.0. The first-order valence-corrected chi connectivity index (χ1v) is 10.5. The summed E-state index contributed by atoms with van der Waals surface area (Å²) in [4.78, 5) is 5.28. The molecule has 134 valence electrons. The molecule has 0 saturated heterocycles. The van der Waals surface area contributed by atoms with Gasteiger partial charge in [-0.15, -0.1) is 0 Å². The Hall–Kier alpha value is -1.18. The molecular weight excluding hydrogens is 292 g/mol. The third-order valence-corrected chi connectivity index (χ3v) is 6.23. The number of hydrogen-bond donors (Lipinski definition) is 0. The maximum absolute atomic E-state index is 2.64. The summed E-state index contributed by atoms with van der Waals surface area (Å²) in [7, 11) is 0. The standard InChI is InChI=1S/C22H36N2/c1-3-23(19-11-7-5-8-12-19)21-15-17-22(18-16-21)24(4-2)20-13-9-6-10-14-20/h15-20H,3-14H2,1-2H3. The third-order valence-electron chi connectivity index (χ3n) is 6.23. The minimum absolute atomic E-state index is 0.759. The van der Waals surface area contributed by atoms with Gasteiger partial charge in [-0.2, -0.15) is 0 Å². The molecule has 0 unspecified atom stereocenters. The van der Waals surface area contributed by atoms with Gasteiger partial charge >= 0.3 is 0 Å². The van der Waals surface area contributed by atoms with Gasteiger partial charge < -0.3 is 9.80 Å². The van der Waals surface area contributed by atoms with Crippen molar-refractivity contribution in [1.29, 1.82) is 0 Å². The molecule has 2 nitrogen and oxygen atoms in total. The van der Waals surface area contributed by atoms with E-state index >= 15 is 0 Å². The maximum atomic E-state index is 2.64. The monoisotopic (exact) mass is 328 g/mol. The molecule has 0 radical (unpaired) electrons. The molecule has 2 heteroatoms. The van der Waals surface area contributed by atoms with Crippen molar-refractivity contribution in [2.75, 3.05) is 22.9 Å². The summed E-state index contributed by atoms with van der Waals surface area (Å²) in [6.07, 6.45) is 14.0. The molecule has 2 saturated carbocycles. The molecule has 2 fully saturated rings. The summed E-state index contributed by atoms with van der Waals surface area (Å²) in [5, 5.41) is 0. The van der Waals surface area contributed by atoms with Crippen LogP contribution in [0.25, 0.3) is 0 Å². The lowest BCUT2D eigenvalue weighted by Crippen LogP contribution is -2.37. The van der Waals surface area contributed by atoms with Gasteiger partial charge in [-0.05, 0) is 63.8 Å². The van der Waals surface area contributed by atoms with Crippen LogP contribution in [0.15, 0.2) is 24.3 Å². The van der Waals surface area contributed by atoms with E-state index in [1.807, 2.05) is 0 Å². The average molecular weight is 329 g/mol. The second kappa shape index (κ2) is 8.78. The van der Waals surface area contributed by atoms with Crippen LogP contribution in [0.3, 0.4) is 0 Å². The van der Waals surface area contributed by atoms with E-state index < -0.39 is 0 Å². The van der Waals surface area contributed by atoms with Crippen molar-refractivity contribution in [3.63, 3.8) is 0 Å². The van der Waals surface area contributed by atoms with Crippen LogP contribution in [0.5, 0.6) is 0 Å². The van der Waals surface area contributed by atoms with E-state index in [1.165, 1.54) is 75.6 Å². The summed E-state index contributed by atoms with van der Waals surface area (Å²) in [6.45, 7) is 6.88. The average Bonchev–Trinajstić information content (AvgIpc) is 2.66. The quantitative estimate of drug-likeness (QED) is 0.631. The largest absolute Gasteiger partial charge is 0.369 e. The summed E-state index contributed by atoms with van der Waals surface area (Å²) < 4.78 is 0. The van der Waals surface area contributed by atoms with Crippen LogP contribution in [-0.2, 0) is 0 Å². The lowest BCUT2D eigenvalue weighted by Gasteiger charge is -2.37. The zero-order chi connectivity index (χ0) is 16.8. The van der Waals surface area contributed by atoms with E-state index in [9.17, 15) is 0 Å². The first kappa shape index (κ1) is 17.6. The molecule has 0 atom stereocenters. The fraction of sp³-hybridized carbons (Fsp3) is 0.727. The third kappa shape index (κ3) is 4.07. The van der Waals surface area contributed by atoms with Gasteiger partial charge in [-0.1, -0.05) is 38.5 Å². The van der Waals surface area contributed by atoms with Crippen molar-refractivity contribution in [3.8, 4) is 0 Å². The van der Waals surface area contributed by atoms with Crippen LogP contribution in [0.4, 0.5) is 11.4 Å². The highest BCUT2D eigenvalue weighted by atomic mass is 15.2. The Morgan fingerprint density at radius 2 is 0.958 bits per heavy atom. The predicted octanol–water partition coefficient (Wildman–Crippen LogP) is 6.00.